The van der Waals surface area contributed by atoms with E-state index in [1.807, 2.05) is 36.4 Å². The number of ether oxygens (including phenoxy) is 1. The number of nitrogens with zero attached hydrogens (tertiary/aromatic N) is 1. The second kappa shape index (κ2) is 8.03. The molecular formula is C22H16Cl2N2O2S. The molecule has 7 heteroatoms. The van der Waals surface area contributed by atoms with Gasteiger partial charge in [-0.25, -0.2) is 4.98 Å². The fourth-order valence-corrected chi connectivity index (χ4v) is 4.50. The number of halogens is 2. The largest absolute Gasteiger partial charge is 0.497 e. The monoisotopic (exact) mass is 442 g/mol. The molecule has 0 saturated heterocycles. The highest BCUT2D eigenvalue weighted by Gasteiger charge is 2.19. The summed E-state index contributed by atoms with van der Waals surface area (Å²) >= 11 is 13.6. The first-order valence-electron chi connectivity index (χ1n) is 8.77. The maximum atomic E-state index is 12.9. The number of nitrogen functional groups attached to an aromatic ring is 1. The van der Waals surface area contributed by atoms with Crippen molar-refractivity contribution in [3.63, 3.8) is 0 Å². The van der Waals surface area contributed by atoms with Crippen molar-refractivity contribution >= 4 is 56.2 Å². The predicted molar refractivity (Wildman–Crippen MR) is 121 cm³/mol. The van der Waals surface area contributed by atoms with Crippen LogP contribution in [0.4, 0.5) is 5.69 Å². The van der Waals surface area contributed by atoms with Crippen LogP contribution in [0.15, 0.2) is 54.6 Å². The molecule has 0 radical (unpaired) electrons. The number of anilines is 1. The maximum Gasteiger partial charge on any atom is 0.179 e. The molecule has 0 unspecified atom stereocenters. The minimum Gasteiger partial charge on any atom is -0.497 e. The SMILES string of the molecule is COc1cccc(-c2ccc3c(N)c(C(=O)Cc4cccc(Cl)c4Cl)sc3n2)c1. The van der Waals surface area contributed by atoms with E-state index in [0.29, 0.717) is 31.0 Å². The summed E-state index contributed by atoms with van der Waals surface area (Å²) in [5.41, 5.74) is 9.10. The number of nitrogens with two attached hydrogens (primary N) is 1. The number of benzene rings is 2. The van der Waals surface area contributed by atoms with Crippen molar-refractivity contribution in [2.24, 2.45) is 0 Å². The molecule has 2 aromatic heterocycles. The fourth-order valence-electron chi connectivity index (χ4n) is 3.09. The van der Waals surface area contributed by atoms with E-state index in [4.69, 9.17) is 38.7 Å². The topological polar surface area (TPSA) is 65.2 Å². The van der Waals surface area contributed by atoms with Crippen molar-refractivity contribution in [3.8, 4) is 17.0 Å². The van der Waals surface area contributed by atoms with E-state index in [1.165, 1.54) is 11.3 Å². The summed E-state index contributed by atoms with van der Waals surface area (Å²) in [7, 11) is 1.62. The number of rotatable bonds is 5. The zero-order valence-electron chi connectivity index (χ0n) is 15.4. The number of ketones is 1. The maximum absolute atomic E-state index is 12.9. The summed E-state index contributed by atoms with van der Waals surface area (Å²) in [5, 5.41) is 1.58. The number of hydrogen-bond acceptors (Lipinski definition) is 5. The van der Waals surface area contributed by atoms with Crippen molar-refractivity contribution in [1.82, 2.24) is 4.98 Å². The van der Waals surface area contributed by atoms with Gasteiger partial charge in [-0.3, -0.25) is 4.79 Å². The van der Waals surface area contributed by atoms with Gasteiger partial charge < -0.3 is 10.5 Å². The van der Waals surface area contributed by atoms with Crippen molar-refractivity contribution in [2.75, 3.05) is 12.8 Å². The molecule has 2 N–H and O–H groups in total. The average Bonchev–Trinajstić information content (AvgIpc) is 3.07. The molecule has 0 bridgehead atoms. The van der Waals surface area contributed by atoms with E-state index in [1.54, 1.807) is 25.3 Å². The molecule has 0 fully saturated rings. The van der Waals surface area contributed by atoms with E-state index < -0.39 is 0 Å². The second-order valence-electron chi connectivity index (χ2n) is 6.44. The van der Waals surface area contributed by atoms with Gasteiger partial charge in [0.25, 0.3) is 0 Å². The number of hydrogen-bond donors (Lipinski definition) is 1. The van der Waals surface area contributed by atoms with E-state index in [-0.39, 0.29) is 12.2 Å². The van der Waals surface area contributed by atoms with Crippen LogP contribution in [0, 0.1) is 0 Å². The Bertz CT molecular complexity index is 1240. The average molecular weight is 443 g/mol. The molecule has 0 atom stereocenters. The molecule has 4 nitrogen and oxygen atoms in total. The highest BCUT2D eigenvalue weighted by atomic mass is 35.5. The number of fused-ring (bicyclic) bond motifs is 1. The Hall–Kier alpha value is -2.60. The number of pyridine rings is 1. The highest BCUT2D eigenvalue weighted by molar-refractivity contribution is 7.21. The predicted octanol–water partition coefficient (Wildman–Crippen LogP) is 6.29. The van der Waals surface area contributed by atoms with E-state index >= 15 is 0 Å². The molecule has 2 heterocycles. The Balaban J connectivity index is 1.70. The number of carbonyl (C=O) groups is 1. The van der Waals surface area contributed by atoms with Crippen molar-refractivity contribution in [1.29, 1.82) is 0 Å². The molecule has 0 spiro atoms. The van der Waals surface area contributed by atoms with Crippen LogP contribution < -0.4 is 10.5 Å². The van der Waals surface area contributed by atoms with Crippen molar-refractivity contribution in [2.45, 2.75) is 6.42 Å². The zero-order chi connectivity index (χ0) is 20.5. The Morgan fingerprint density at radius 2 is 1.93 bits per heavy atom. The van der Waals surface area contributed by atoms with E-state index in [9.17, 15) is 4.79 Å². The molecule has 0 aliphatic rings. The zero-order valence-corrected chi connectivity index (χ0v) is 17.7. The number of thiophene rings is 1. The first kappa shape index (κ1) is 19.7. The first-order chi connectivity index (χ1) is 14.0. The van der Waals surface area contributed by atoms with Gasteiger partial charge in [-0.05, 0) is 35.9 Å². The van der Waals surface area contributed by atoms with E-state index in [0.717, 1.165) is 22.4 Å². The second-order valence-corrected chi connectivity index (χ2v) is 8.22. The summed E-state index contributed by atoms with van der Waals surface area (Å²) in [4.78, 5) is 18.8. The van der Waals surface area contributed by atoms with Gasteiger partial charge in [-0.1, -0.05) is 47.5 Å². The summed E-state index contributed by atoms with van der Waals surface area (Å²) in [5.74, 6) is 0.641. The molecule has 0 aliphatic carbocycles. The number of methoxy groups -OCH3 is 1. The Morgan fingerprint density at radius 3 is 2.72 bits per heavy atom. The number of carbonyl (C=O) groups excluding carboxylic acids is 1. The number of aromatic nitrogens is 1. The van der Waals surface area contributed by atoms with Crippen molar-refractivity contribution in [3.05, 3.63) is 75.1 Å². The fraction of sp³-hybridized carbons (Fsp3) is 0.0909. The lowest BCUT2D eigenvalue weighted by Gasteiger charge is -2.04. The molecule has 0 aliphatic heterocycles. The lowest BCUT2D eigenvalue weighted by atomic mass is 10.1. The Labute approximate surface area is 181 Å². The summed E-state index contributed by atoms with van der Waals surface area (Å²) in [6, 6.07) is 16.7. The van der Waals surface area contributed by atoms with Crippen LogP contribution in [0.3, 0.4) is 0 Å². The van der Waals surface area contributed by atoms with Gasteiger partial charge in [0.15, 0.2) is 5.78 Å². The molecule has 146 valence electrons. The summed E-state index contributed by atoms with van der Waals surface area (Å²) in [6.45, 7) is 0. The standard InChI is InChI=1S/C22H16Cl2N2O2S/c1-28-14-6-2-4-12(10-14)17-9-8-15-20(25)21(29-22(15)26-17)18(27)11-13-5-3-7-16(23)19(13)24/h2-10H,11,25H2,1H3. The van der Waals surface area contributed by atoms with Crippen molar-refractivity contribution < 1.29 is 9.53 Å². The minimum atomic E-state index is -0.113. The molecule has 4 rings (SSSR count). The van der Waals surface area contributed by atoms with Gasteiger partial charge in [0.2, 0.25) is 0 Å². The highest BCUT2D eigenvalue weighted by Crippen LogP contribution is 2.36. The molecular weight excluding hydrogens is 427 g/mol. The van der Waals surface area contributed by atoms with Crippen LogP contribution in [-0.2, 0) is 6.42 Å². The summed E-state index contributed by atoms with van der Waals surface area (Å²) < 4.78 is 5.28. The van der Waals surface area contributed by atoms with Crippen LogP contribution in [0.5, 0.6) is 5.75 Å². The molecule has 4 aromatic rings. The molecule has 0 amide bonds. The van der Waals surface area contributed by atoms with Crippen LogP contribution in [0.1, 0.15) is 15.2 Å². The van der Waals surface area contributed by atoms with Gasteiger partial charge in [0.1, 0.15) is 10.6 Å². The lowest BCUT2D eigenvalue weighted by Crippen LogP contribution is -2.04. The summed E-state index contributed by atoms with van der Waals surface area (Å²) in [6.07, 6.45) is 0.124. The van der Waals surface area contributed by atoms with E-state index in [2.05, 4.69) is 0 Å². The Kier molecular flexibility index (Phi) is 5.46. The molecule has 0 saturated carbocycles. The van der Waals surface area contributed by atoms with Gasteiger partial charge in [0.05, 0.1) is 33.4 Å². The number of Topliss-reactive ketones (excluding diaryl/α,β-unsaturated/α-hetero) is 1. The van der Waals surface area contributed by atoms with Crippen LogP contribution in [-0.4, -0.2) is 17.9 Å². The normalized spacial score (nSPS) is 11.0. The van der Waals surface area contributed by atoms with Gasteiger partial charge in [-0.2, -0.15) is 0 Å². The minimum absolute atomic E-state index is 0.113. The van der Waals surface area contributed by atoms with Crippen LogP contribution in [0.25, 0.3) is 21.5 Å². The molecule has 2 aromatic carbocycles. The lowest BCUT2D eigenvalue weighted by molar-refractivity contribution is 0.0997. The quantitative estimate of drug-likeness (QED) is 0.369. The van der Waals surface area contributed by atoms with Crippen LogP contribution >= 0.6 is 34.5 Å². The van der Waals surface area contributed by atoms with Gasteiger partial charge >= 0.3 is 0 Å². The third-order valence-electron chi connectivity index (χ3n) is 4.60. The van der Waals surface area contributed by atoms with Crippen LogP contribution in [0.2, 0.25) is 10.0 Å². The van der Waals surface area contributed by atoms with Gasteiger partial charge in [0, 0.05) is 17.4 Å². The first-order valence-corrected chi connectivity index (χ1v) is 10.3. The van der Waals surface area contributed by atoms with Gasteiger partial charge in [-0.15, -0.1) is 11.3 Å². The molecule has 29 heavy (non-hydrogen) atoms. The Morgan fingerprint density at radius 1 is 1.14 bits per heavy atom. The smallest absolute Gasteiger partial charge is 0.179 e. The third kappa shape index (κ3) is 3.81. The third-order valence-corrected chi connectivity index (χ3v) is 6.61.